The van der Waals surface area contributed by atoms with Crippen LogP contribution < -0.4 is 10.6 Å². The SMILES string of the molecule is CCCCCCCCCCCCCCCCCCCCCCC/C=C/C(O)C(COC1OC(CO)C(OC2OC(CO)C(O)C(OC3(C(=O)O)CC(O)C(NC(C)=O)C(C(O)C(O)CO)O3)C2O)C(O)C1O)NC(=O)CCCCCCCCCCCCCCC. The van der Waals surface area contributed by atoms with Gasteiger partial charge >= 0.3 is 5.97 Å². The molecule has 0 spiro atoms. The van der Waals surface area contributed by atoms with Crippen molar-refractivity contribution in [3.05, 3.63) is 12.2 Å². The van der Waals surface area contributed by atoms with Crippen molar-refractivity contribution in [2.45, 2.75) is 368 Å². The van der Waals surface area contributed by atoms with Crippen LogP contribution in [0.3, 0.4) is 0 Å². The Hall–Kier alpha value is -2.53. The minimum absolute atomic E-state index is 0.204. The average Bonchev–Trinajstić information content (AvgIpc) is 0.767. The summed E-state index contributed by atoms with van der Waals surface area (Å²) in [5.74, 6) is -6.14. The van der Waals surface area contributed by atoms with E-state index in [1.54, 1.807) is 6.08 Å². The summed E-state index contributed by atoms with van der Waals surface area (Å²) in [6.07, 6.45) is 16.9. The molecule has 0 saturated carbocycles. The van der Waals surface area contributed by atoms with Gasteiger partial charge in [-0.25, -0.2) is 4.79 Å². The number of aliphatic hydroxyl groups is 11. The van der Waals surface area contributed by atoms with Gasteiger partial charge in [0.25, 0.3) is 5.79 Å². The molecule has 23 nitrogen and oxygen atoms in total. The Morgan fingerprint density at radius 3 is 1.48 bits per heavy atom. The van der Waals surface area contributed by atoms with Gasteiger partial charge < -0.3 is 100 Å². The third kappa shape index (κ3) is 30.5. The summed E-state index contributed by atoms with van der Waals surface area (Å²) in [5.41, 5.74) is 0. The van der Waals surface area contributed by atoms with Gasteiger partial charge in [-0.15, -0.1) is 0 Å². The number of hydrogen-bond acceptors (Lipinski definition) is 20. The van der Waals surface area contributed by atoms with E-state index in [0.29, 0.717) is 12.8 Å². The van der Waals surface area contributed by atoms with Gasteiger partial charge in [0.2, 0.25) is 11.8 Å². The summed E-state index contributed by atoms with van der Waals surface area (Å²) in [7, 11) is 0. The largest absolute Gasteiger partial charge is 0.477 e. The number of hydrogen-bond donors (Lipinski definition) is 14. The topological polar surface area (TPSA) is 373 Å². The van der Waals surface area contributed by atoms with Gasteiger partial charge in [0.15, 0.2) is 12.6 Å². The van der Waals surface area contributed by atoms with Crippen molar-refractivity contribution in [3.63, 3.8) is 0 Å². The van der Waals surface area contributed by atoms with Crippen LogP contribution in [0.5, 0.6) is 0 Å². The Labute approximate surface area is 537 Å². The van der Waals surface area contributed by atoms with Crippen LogP contribution >= 0.6 is 0 Å². The number of ether oxygens (including phenoxy) is 6. The van der Waals surface area contributed by atoms with Crippen molar-refractivity contribution in [1.29, 1.82) is 0 Å². The number of carbonyl (C=O) groups excluding carboxylic acids is 2. The fourth-order valence-corrected chi connectivity index (χ4v) is 12.4. The number of carboxylic acid groups (broad SMARTS) is 1. The normalized spacial score (nSPS) is 28.6. The highest BCUT2D eigenvalue weighted by Crippen LogP contribution is 2.39. The lowest BCUT2D eigenvalue weighted by molar-refractivity contribution is -0.386. The molecular formula is C67H124N2O21. The van der Waals surface area contributed by atoms with Crippen LogP contribution in [0.25, 0.3) is 0 Å². The van der Waals surface area contributed by atoms with Gasteiger partial charge in [0.05, 0.1) is 50.7 Å². The number of unbranched alkanes of at least 4 members (excludes halogenated alkanes) is 33. The zero-order valence-electron chi connectivity index (χ0n) is 55.0. The maximum absolute atomic E-state index is 13.4. The molecule has 0 aromatic heterocycles. The molecule has 18 atom stereocenters. The second kappa shape index (κ2) is 48.2. The lowest BCUT2D eigenvalue weighted by Gasteiger charge is -2.50. The van der Waals surface area contributed by atoms with Crippen LogP contribution in [0.2, 0.25) is 0 Å². The van der Waals surface area contributed by atoms with Crippen LogP contribution in [-0.2, 0) is 42.8 Å². The highest BCUT2D eigenvalue weighted by atomic mass is 16.8. The van der Waals surface area contributed by atoms with Gasteiger partial charge in [-0.1, -0.05) is 231 Å². The minimum Gasteiger partial charge on any atom is -0.477 e. The second-order valence-electron chi connectivity index (χ2n) is 25.8. The Morgan fingerprint density at radius 2 is 1.03 bits per heavy atom. The van der Waals surface area contributed by atoms with Crippen LogP contribution in [-0.4, -0.2) is 215 Å². The Bertz CT molecular complexity index is 1870. The summed E-state index contributed by atoms with van der Waals surface area (Å²) >= 11 is 0. The summed E-state index contributed by atoms with van der Waals surface area (Å²) in [5, 5.41) is 136. The van der Waals surface area contributed by atoms with E-state index in [-0.39, 0.29) is 12.3 Å². The number of carboxylic acids is 1. The zero-order valence-corrected chi connectivity index (χ0v) is 55.0. The second-order valence-corrected chi connectivity index (χ2v) is 25.8. The van der Waals surface area contributed by atoms with Crippen LogP contribution in [0.4, 0.5) is 0 Å². The molecule has 0 radical (unpaired) electrons. The molecule has 3 aliphatic rings. The molecule has 18 unspecified atom stereocenters. The predicted molar refractivity (Wildman–Crippen MR) is 338 cm³/mol. The van der Waals surface area contributed by atoms with E-state index in [1.807, 2.05) is 6.08 Å². The maximum Gasteiger partial charge on any atom is 0.364 e. The number of aliphatic hydroxyl groups excluding tert-OH is 11. The first-order chi connectivity index (χ1) is 43.4. The molecule has 0 aromatic carbocycles. The van der Waals surface area contributed by atoms with Crippen molar-refractivity contribution in [2.24, 2.45) is 0 Å². The molecular weight excluding hydrogens is 1170 g/mol. The molecule has 3 fully saturated rings. The van der Waals surface area contributed by atoms with Gasteiger partial charge in [-0.2, -0.15) is 0 Å². The lowest BCUT2D eigenvalue weighted by Crippen LogP contribution is -2.70. The predicted octanol–water partition coefficient (Wildman–Crippen LogP) is 6.29. The summed E-state index contributed by atoms with van der Waals surface area (Å²) in [4.78, 5) is 38.5. The number of rotatable bonds is 53. The highest BCUT2D eigenvalue weighted by molar-refractivity contribution is 5.77. The molecule has 14 N–H and O–H groups in total. The molecule has 3 saturated heterocycles. The summed E-state index contributed by atoms with van der Waals surface area (Å²) < 4.78 is 34.8. The number of nitrogens with one attached hydrogen (secondary N) is 2. The first-order valence-corrected chi connectivity index (χ1v) is 35.1. The van der Waals surface area contributed by atoms with Crippen LogP contribution in [0.1, 0.15) is 258 Å². The Morgan fingerprint density at radius 1 is 0.578 bits per heavy atom. The fraction of sp³-hybridized carbons (Fsp3) is 0.925. The van der Waals surface area contributed by atoms with Crippen LogP contribution in [0, 0.1) is 0 Å². The van der Waals surface area contributed by atoms with E-state index >= 15 is 0 Å². The number of amides is 2. The summed E-state index contributed by atoms with van der Waals surface area (Å²) in [6, 6.07) is -2.61. The molecule has 0 bridgehead atoms. The van der Waals surface area contributed by atoms with Gasteiger partial charge in [0, 0.05) is 19.8 Å². The van der Waals surface area contributed by atoms with Gasteiger partial charge in [0.1, 0.15) is 67.1 Å². The summed E-state index contributed by atoms with van der Waals surface area (Å²) in [6.45, 7) is 2.14. The van der Waals surface area contributed by atoms with Crippen molar-refractivity contribution in [3.8, 4) is 0 Å². The monoisotopic (exact) mass is 1290 g/mol. The minimum atomic E-state index is -3.08. The molecule has 0 aliphatic carbocycles. The first-order valence-electron chi connectivity index (χ1n) is 35.1. The standard InChI is InChI=1S/C67H124N2O21/c1-4-6-8-10-12-14-16-18-19-20-21-22-23-24-25-26-27-29-30-32-34-36-38-40-49(74)48(69-54(77)41-39-37-35-33-31-28-17-15-13-11-9-7-5-2)46-85-64-59(81)58(80)61(53(45-72)87-64)88-65-60(82)63(57(79)52(44-71)86-65)90-67(66(83)84)42-50(75)55(68-47(3)73)62(89-67)56(78)51(76)43-70/h38,40,48-53,55-65,70-72,74-76,78-82H,4-37,39,41-46H2,1-3H3,(H,68,73)(H,69,77)(H,83,84)/b40-38+. The smallest absolute Gasteiger partial charge is 0.364 e. The lowest BCUT2D eigenvalue weighted by atomic mass is 9.88. The zero-order chi connectivity index (χ0) is 66.1. The third-order valence-corrected chi connectivity index (χ3v) is 18.0. The van der Waals surface area contributed by atoms with Gasteiger partial charge in [-0.05, 0) is 19.3 Å². The van der Waals surface area contributed by atoms with E-state index in [0.717, 1.165) is 51.9 Å². The van der Waals surface area contributed by atoms with Crippen molar-refractivity contribution in [1.82, 2.24) is 10.6 Å². The quantitative estimate of drug-likeness (QED) is 0.0235. The number of carbonyl (C=O) groups is 3. The van der Waals surface area contributed by atoms with E-state index in [2.05, 4.69) is 24.5 Å². The molecule has 528 valence electrons. The van der Waals surface area contributed by atoms with Crippen molar-refractivity contribution >= 4 is 17.8 Å². The van der Waals surface area contributed by atoms with Crippen LogP contribution in [0.15, 0.2) is 12.2 Å². The number of aliphatic carboxylic acids is 1. The van der Waals surface area contributed by atoms with E-state index < -0.39 is 155 Å². The molecule has 0 aromatic rings. The molecule has 3 rings (SSSR count). The van der Waals surface area contributed by atoms with Gasteiger partial charge in [-0.3, -0.25) is 9.59 Å². The maximum atomic E-state index is 13.4. The third-order valence-electron chi connectivity index (χ3n) is 18.0. The fourth-order valence-electron chi connectivity index (χ4n) is 12.4. The van der Waals surface area contributed by atoms with E-state index in [1.165, 1.54) is 167 Å². The van der Waals surface area contributed by atoms with E-state index in [4.69, 9.17) is 28.4 Å². The molecule has 90 heavy (non-hydrogen) atoms. The number of allylic oxidation sites excluding steroid dienone is 1. The molecule has 3 aliphatic heterocycles. The molecule has 2 amide bonds. The molecule has 23 heteroatoms. The molecule has 3 heterocycles. The Kier molecular flexibility index (Phi) is 43.8. The Balaban J connectivity index is 1.59. The highest BCUT2D eigenvalue weighted by Gasteiger charge is 2.60. The average molecular weight is 1290 g/mol. The van der Waals surface area contributed by atoms with Crippen molar-refractivity contribution < 1.29 is 104 Å². The van der Waals surface area contributed by atoms with E-state index in [9.17, 15) is 75.7 Å². The van der Waals surface area contributed by atoms with Crippen molar-refractivity contribution in [2.75, 3.05) is 26.4 Å². The first kappa shape index (κ1) is 81.7.